The third kappa shape index (κ3) is 3.94. The lowest BCUT2D eigenvalue weighted by Gasteiger charge is -2.14. The van der Waals surface area contributed by atoms with Crippen molar-refractivity contribution in [3.63, 3.8) is 0 Å². The van der Waals surface area contributed by atoms with Crippen molar-refractivity contribution in [3.8, 4) is 0 Å². The van der Waals surface area contributed by atoms with Crippen molar-refractivity contribution in [1.82, 2.24) is 4.72 Å². The summed E-state index contributed by atoms with van der Waals surface area (Å²) in [5.41, 5.74) is -0.818. The van der Waals surface area contributed by atoms with Crippen LogP contribution in [0.1, 0.15) is 27.0 Å². The largest absolute Gasteiger partial charge is 0.417 e. The van der Waals surface area contributed by atoms with Gasteiger partial charge in [0, 0.05) is 0 Å². The van der Waals surface area contributed by atoms with Gasteiger partial charge in [-0.15, -0.1) is 0 Å². The van der Waals surface area contributed by atoms with Crippen LogP contribution in [0.5, 0.6) is 0 Å². The van der Waals surface area contributed by atoms with Crippen molar-refractivity contribution in [2.45, 2.75) is 24.9 Å². The molecule has 2 aromatic carbocycles. The molecule has 0 radical (unpaired) electrons. The van der Waals surface area contributed by atoms with Gasteiger partial charge in [-0.25, -0.2) is 13.1 Å². The number of rotatable bonds is 3. The highest BCUT2D eigenvalue weighted by molar-refractivity contribution is 7.90. The maximum Gasteiger partial charge on any atom is 0.417 e. The summed E-state index contributed by atoms with van der Waals surface area (Å²) < 4.78 is 65.1. The van der Waals surface area contributed by atoms with Gasteiger partial charge in [0.1, 0.15) is 0 Å². The Morgan fingerprint density at radius 1 is 0.958 bits per heavy atom. The second-order valence-electron chi connectivity index (χ2n) is 5.29. The molecule has 8 heteroatoms. The molecule has 0 spiro atoms. The number of hydrogen-bond acceptors (Lipinski definition) is 3. The van der Waals surface area contributed by atoms with E-state index < -0.39 is 33.2 Å². The summed E-state index contributed by atoms with van der Waals surface area (Å²) in [5, 5.41) is 0. The number of carbonyl (C=O) groups is 1. The minimum absolute atomic E-state index is 0.206. The Labute approximate surface area is 137 Å². The fraction of sp³-hybridized carbons (Fsp3) is 0.188. The van der Waals surface area contributed by atoms with Gasteiger partial charge in [-0.3, -0.25) is 4.79 Å². The molecule has 1 N–H and O–H groups in total. The van der Waals surface area contributed by atoms with Crippen LogP contribution in [0.2, 0.25) is 0 Å². The Morgan fingerprint density at radius 2 is 1.50 bits per heavy atom. The zero-order valence-electron chi connectivity index (χ0n) is 12.8. The van der Waals surface area contributed by atoms with E-state index in [4.69, 9.17) is 0 Å². The average molecular weight is 357 g/mol. The van der Waals surface area contributed by atoms with Crippen LogP contribution in [0.4, 0.5) is 13.2 Å². The standard InChI is InChI=1S/C16H14F3NO3S/c1-10-3-6-12(7-4-10)24(22,23)20-15(21)13-8-5-11(2)9-14(13)16(17,18)19/h3-9H,1-2H3,(H,20,21). The Bertz CT molecular complexity index is 872. The lowest BCUT2D eigenvalue weighted by molar-refractivity contribution is -0.138. The van der Waals surface area contributed by atoms with Crippen LogP contribution in [0, 0.1) is 13.8 Å². The zero-order chi connectivity index (χ0) is 18.1. The van der Waals surface area contributed by atoms with Gasteiger partial charge in [-0.05, 0) is 38.1 Å². The maximum atomic E-state index is 13.1. The van der Waals surface area contributed by atoms with Gasteiger partial charge in [0.25, 0.3) is 15.9 Å². The minimum Gasteiger partial charge on any atom is -0.268 e. The molecule has 0 aliphatic rings. The fourth-order valence-electron chi connectivity index (χ4n) is 2.04. The second kappa shape index (κ2) is 6.27. The van der Waals surface area contributed by atoms with E-state index in [1.807, 2.05) is 0 Å². The third-order valence-electron chi connectivity index (χ3n) is 3.28. The van der Waals surface area contributed by atoms with Crippen molar-refractivity contribution in [2.24, 2.45) is 0 Å². The molecule has 0 fully saturated rings. The van der Waals surface area contributed by atoms with Crippen LogP contribution < -0.4 is 4.72 Å². The van der Waals surface area contributed by atoms with Crippen molar-refractivity contribution in [3.05, 3.63) is 64.7 Å². The molecule has 2 aromatic rings. The van der Waals surface area contributed by atoms with Gasteiger partial charge in [0.2, 0.25) is 0 Å². The Hall–Kier alpha value is -2.35. The van der Waals surface area contributed by atoms with E-state index in [1.54, 1.807) is 11.6 Å². The highest BCUT2D eigenvalue weighted by atomic mass is 32.2. The number of sulfonamides is 1. The smallest absolute Gasteiger partial charge is 0.268 e. The highest BCUT2D eigenvalue weighted by Crippen LogP contribution is 2.32. The third-order valence-corrected chi connectivity index (χ3v) is 4.63. The quantitative estimate of drug-likeness (QED) is 0.915. The van der Waals surface area contributed by atoms with Gasteiger partial charge in [0.15, 0.2) is 0 Å². The van der Waals surface area contributed by atoms with Crippen molar-refractivity contribution >= 4 is 15.9 Å². The van der Waals surface area contributed by atoms with E-state index in [1.165, 1.54) is 37.3 Å². The first kappa shape index (κ1) is 18.0. The van der Waals surface area contributed by atoms with Crippen LogP contribution >= 0.6 is 0 Å². The number of benzene rings is 2. The first-order valence-electron chi connectivity index (χ1n) is 6.82. The normalized spacial score (nSPS) is 12.0. The van der Waals surface area contributed by atoms with Crippen molar-refractivity contribution in [1.29, 1.82) is 0 Å². The molecular formula is C16H14F3NO3S. The summed E-state index contributed by atoms with van der Waals surface area (Å²) in [4.78, 5) is 11.9. The highest BCUT2D eigenvalue weighted by Gasteiger charge is 2.36. The molecule has 0 unspecified atom stereocenters. The molecule has 0 aliphatic heterocycles. The Morgan fingerprint density at radius 3 is 2.04 bits per heavy atom. The lowest BCUT2D eigenvalue weighted by Crippen LogP contribution is -2.32. The van der Waals surface area contributed by atoms with Crippen LogP contribution in [0.15, 0.2) is 47.4 Å². The maximum absolute atomic E-state index is 13.1. The summed E-state index contributed by atoms with van der Waals surface area (Å²) in [6.45, 7) is 3.19. The molecule has 0 saturated carbocycles. The van der Waals surface area contributed by atoms with Crippen molar-refractivity contribution in [2.75, 3.05) is 0 Å². The second-order valence-corrected chi connectivity index (χ2v) is 6.98. The van der Waals surface area contributed by atoms with E-state index in [9.17, 15) is 26.4 Å². The van der Waals surface area contributed by atoms with Crippen LogP contribution in [0.25, 0.3) is 0 Å². The molecular weight excluding hydrogens is 343 g/mol. The number of halogens is 3. The van der Waals surface area contributed by atoms with E-state index in [2.05, 4.69) is 0 Å². The van der Waals surface area contributed by atoms with E-state index in [0.29, 0.717) is 5.56 Å². The van der Waals surface area contributed by atoms with Gasteiger partial charge < -0.3 is 0 Å². The SMILES string of the molecule is Cc1ccc(S(=O)(=O)NC(=O)c2ccc(C)cc2C(F)(F)F)cc1. The Balaban J connectivity index is 2.38. The first-order chi connectivity index (χ1) is 11.0. The monoisotopic (exact) mass is 357 g/mol. The fourth-order valence-corrected chi connectivity index (χ4v) is 3.01. The number of alkyl halides is 3. The predicted molar refractivity (Wildman–Crippen MR) is 82.0 cm³/mol. The van der Waals surface area contributed by atoms with E-state index in [0.717, 1.165) is 17.7 Å². The molecule has 0 heterocycles. The van der Waals surface area contributed by atoms with Gasteiger partial charge in [-0.2, -0.15) is 13.2 Å². The van der Waals surface area contributed by atoms with Gasteiger partial charge in [0.05, 0.1) is 16.0 Å². The molecule has 2 rings (SSSR count). The number of amides is 1. The topological polar surface area (TPSA) is 63.2 Å². The summed E-state index contributed by atoms with van der Waals surface area (Å²) in [7, 11) is -4.26. The lowest BCUT2D eigenvalue weighted by atomic mass is 10.0. The zero-order valence-corrected chi connectivity index (χ0v) is 13.6. The minimum atomic E-state index is -4.77. The summed E-state index contributed by atoms with van der Waals surface area (Å²) >= 11 is 0. The number of aryl methyl sites for hydroxylation is 2. The molecule has 128 valence electrons. The van der Waals surface area contributed by atoms with E-state index in [-0.39, 0.29) is 4.90 Å². The molecule has 4 nitrogen and oxygen atoms in total. The summed E-state index contributed by atoms with van der Waals surface area (Å²) in [6, 6.07) is 8.64. The first-order valence-corrected chi connectivity index (χ1v) is 8.31. The van der Waals surface area contributed by atoms with Crippen molar-refractivity contribution < 1.29 is 26.4 Å². The molecule has 24 heavy (non-hydrogen) atoms. The summed E-state index contributed by atoms with van der Waals surface area (Å²) in [5.74, 6) is -1.33. The Kier molecular flexibility index (Phi) is 4.70. The van der Waals surface area contributed by atoms with Gasteiger partial charge in [-0.1, -0.05) is 29.3 Å². The van der Waals surface area contributed by atoms with Gasteiger partial charge >= 0.3 is 6.18 Å². The molecule has 0 bridgehead atoms. The number of carbonyl (C=O) groups excluding carboxylic acids is 1. The molecule has 0 atom stereocenters. The number of nitrogens with one attached hydrogen (secondary N) is 1. The van der Waals surface area contributed by atoms with Crippen LogP contribution in [-0.2, 0) is 16.2 Å². The molecule has 0 aromatic heterocycles. The molecule has 0 aliphatic carbocycles. The molecule has 1 amide bonds. The summed E-state index contributed by atoms with van der Waals surface area (Å²) in [6.07, 6.45) is -4.77. The average Bonchev–Trinajstić information content (AvgIpc) is 2.46. The molecule has 0 saturated heterocycles. The number of hydrogen-bond donors (Lipinski definition) is 1. The van der Waals surface area contributed by atoms with E-state index >= 15 is 0 Å². The van der Waals surface area contributed by atoms with Crippen LogP contribution in [0.3, 0.4) is 0 Å². The predicted octanol–water partition coefficient (Wildman–Crippen LogP) is 3.44. The van der Waals surface area contributed by atoms with Crippen LogP contribution in [-0.4, -0.2) is 14.3 Å².